The summed E-state index contributed by atoms with van der Waals surface area (Å²) in [4.78, 5) is 31.0. The molecular formula is C22H25N3O6. The van der Waals surface area contributed by atoms with Crippen molar-refractivity contribution >= 4 is 23.7 Å². The molecule has 0 spiro atoms. The third-order valence-corrected chi connectivity index (χ3v) is 4.47. The molecule has 1 aliphatic rings. The first-order chi connectivity index (χ1) is 15.2. The molecule has 2 aromatic rings. The molecule has 1 saturated heterocycles. The van der Waals surface area contributed by atoms with Crippen LogP contribution in [-0.2, 0) is 19.2 Å². The molecular weight excluding hydrogens is 402 g/mol. The van der Waals surface area contributed by atoms with E-state index in [0.717, 1.165) is 0 Å². The molecule has 9 nitrogen and oxygen atoms in total. The fourth-order valence-corrected chi connectivity index (χ4v) is 2.82. The number of carbonyl (C=O) groups excluding carboxylic acids is 2. The Bertz CT molecular complexity index is 894. The number of nitrogens with one attached hydrogen (secondary N) is 1. The monoisotopic (exact) mass is 427 g/mol. The van der Waals surface area contributed by atoms with Gasteiger partial charge in [-0.15, -0.1) is 0 Å². The minimum atomic E-state index is -0.344. The Hall–Kier alpha value is -3.59. The molecule has 0 bridgehead atoms. The van der Waals surface area contributed by atoms with Crippen LogP contribution in [0, 0.1) is 0 Å². The third kappa shape index (κ3) is 7.00. The van der Waals surface area contributed by atoms with Crippen LogP contribution in [0.25, 0.3) is 0 Å². The third-order valence-electron chi connectivity index (χ3n) is 4.47. The van der Waals surface area contributed by atoms with Crippen LogP contribution < -0.4 is 14.8 Å². The molecule has 2 aromatic carbocycles. The van der Waals surface area contributed by atoms with Crippen LogP contribution in [0.4, 0.5) is 5.69 Å². The van der Waals surface area contributed by atoms with Crippen LogP contribution in [0.15, 0.2) is 53.7 Å². The van der Waals surface area contributed by atoms with E-state index in [1.54, 1.807) is 54.5 Å². The van der Waals surface area contributed by atoms with Crippen molar-refractivity contribution in [3.8, 4) is 11.5 Å². The highest BCUT2D eigenvalue weighted by molar-refractivity contribution is 5.91. The number of amides is 2. The zero-order valence-electron chi connectivity index (χ0n) is 17.3. The van der Waals surface area contributed by atoms with E-state index in [0.29, 0.717) is 49.1 Å². The summed E-state index contributed by atoms with van der Waals surface area (Å²) in [5.74, 6) is 0.759. The van der Waals surface area contributed by atoms with E-state index in [9.17, 15) is 9.59 Å². The molecule has 1 heterocycles. The number of benzene rings is 2. The van der Waals surface area contributed by atoms with Gasteiger partial charge in [0.15, 0.2) is 13.2 Å². The smallest absolute Gasteiger partial charge is 0.265 e. The Labute approximate surface area is 180 Å². The molecule has 3 rings (SSSR count). The summed E-state index contributed by atoms with van der Waals surface area (Å²) < 4.78 is 16.0. The van der Waals surface area contributed by atoms with Crippen LogP contribution in [0.2, 0.25) is 0 Å². The lowest BCUT2D eigenvalue weighted by atomic mass is 10.2. The van der Waals surface area contributed by atoms with Gasteiger partial charge < -0.3 is 29.3 Å². The normalized spacial score (nSPS) is 13.6. The van der Waals surface area contributed by atoms with Gasteiger partial charge in [0.25, 0.3) is 11.8 Å². The summed E-state index contributed by atoms with van der Waals surface area (Å²) in [5.41, 5.74) is 1.26. The van der Waals surface area contributed by atoms with Crippen molar-refractivity contribution < 1.29 is 28.6 Å². The number of rotatable bonds is 9. The number of ether oxygens (including phenoxy) is 3. The highest BCUT2D eigenvalue weighted by atomic mass is 16.6. The fraction of sp³-hybridized carbons (Fsp3) is 0.318. The molecule has 0 aliphatic carbocycles. The number of carbonyl (C=O) groups is 2. The SMILES string of the molecule is COc1ccc(NC(=O)CON=Cc2ccccc2OCC(=O)N2CCOCC2)cc1. The number of methoxy groups -OCH3 is 1. The Kier molecular flexibility index (Phi) is 8.24. The van der Waals surface area contributed by atoms with Crippen molar-refractivity contribution in [1.82, 2.24) is 4.90 Å². The van der Waals surface area contributed by atoms with E-state index in [1.807, 2.05) is 6.07 Å². The van der Waals surface area contributed by atoms with Crippen LogP contribution >= 0.6 is 0 Å². The number of anilines is 1. The molecule has 1 aliphatic heterocycles. The molecule has 1 N–H and O–H groups in total. The summed E-state index contributed by atoms with van der Waals surface area (Å²) in [6.45, 7) is 1.89. The highest BCUT2D eigenvalue weighted by Gasteiger charge is 2.17. The van der Waals surface area contributed by atoms with Crippen LogP contribution in [0.3, 0.4) is 0 Å². The van der Waals surface area contributed by atoms with Crippen molar-refractivity contribution in [2.45, 2.75) is 0 Å². The standard InChI is InChI=1S/C22H25N3O6/c1-28-19-8-6-18(7-9-19)24-21(26)15-31-23-14-17-4-2-3-5-20(17)30-16-22(27)25-10-12-29-13-11-25/h2-9,14H,10-13,15-16H2,1H3,(H,24,26). The second-order valence-electron chi connectivity index (χ2n) is 6.60. The van der Waals surface area contributed by atoms with Gasteiger partial charge in [0.2, 0.25) is 0 Å². The molecule has 164 valence electrons. The lowest BCUT2D eigenvalue weighted by molar-refractivity contribution is -0.137. The average Bonchev–Trinajstić information content (AvgIpc) is 2.82. The molecule has 0 unspecified atom stereocenters. The number of para-hydroxylation sites is 1. The van der Waals surface area contributed by atoms with Crippen molar-refractivity contribution in [2.75, 3.05) is 51.9 Å². The molecule has 2 amide bonds. The first kappa shape index (κ1) is 22.1. The van der Waals surface area contributed by atoms with Gasteiger partial charge >= 0.3 is 0 Å². The summed E-state index contributed by atoms with van der Waals surface area (Å²) >= 11 is 0. The van der Waals surface area contributed by atoms with Gasteiger partial charge in [-0.1, -0.05) is 17.3 Å². The number of oxime groups is 1. The quantitative estimate of drug-likeness (QED) is 0.485. The lowest BCUT2D eigenvalue weighted by Gasteiger charge is -2.26. The Morgan fingerprint density at radius 1 is 1.10 bits per heavy atom. The van der Waals surface area contributed by atoms with E-state index in [4.69, 9.17) is 19.0 Å². The minimum absolute atomic E-state index is 0.0734. The van der Waals surface area contributed by atoms with Crippen molar-refractivity contribution in [2.24, 2.45) is 5.16 Å². The number of hydrogen-bond donors (Lipinski definition) is 1. The molecule has 0 saturated carbocycles. The van der Waals surface area contributed by atoms with Crippen molar-refractivity contribution in [3.05, 3.63) is 54.1 Å². The fourth-order valence-electron chi connectivity index (χ4n) is 2.82. The van der Waals surface area contributed by atoms with E-state index < -0.39 is 0 Å². The van der Waals surface area contributed by atoms with Gasteiger partial charge in [-0.05, 0) is 36.4 Å². The zero-order valence-corrected chi connectivity index (χ0v) is 17.3. The number of hydrogen-bond acceptors (Lipinski definition) is 7. The molecule has 31 heavy (non-hydrogen) atoms. The molecule has 9 heteroatoms. The molecule has 0 aromatic heterocycles. The van der Waals surface area contributed by atoms with Gasteiger partial charge in [-0.3, -0.25) is 9.59 Å². The summed E-state index contributed by atoms with van der Waals surface area (Å²) in [6.07, 6.45) is 1.44. The van der Waals surface area contributed by atoms with Gasteiger partial charge in [0, 0.05) is 24.3 Å². The largest absolute Gasteiger partial charge is 0.497 e. The van der Waals surface area contributed by atoms with E-state index >= 15 is 0 Å². The van der Waals surface area contributed by atoms with Gasteiger partial charge in [0.1, 0.15) is 11.5 Å². The molecule has 0 atom stereocenters. The first-order valence-electron chi connectivity index (χ1n) is 9.82. The van der Waals surface area contributed by atoms with Crippen LogP contribution in [0.5, 0.6) is 11.5 Å². The first-order valence-corrected chi connectivity index (χ1v) is 9.82. The second kappa shape index (κ2) is 11.6. The summed E-state index contributed by atoms with van der Waals surface area (Å²) in [5, 5.41) is 6.53. The minimum Gasteiger partial charge on any atom is -0.497 e. The number of morpholine rings is 1. The van der Waals surface area contributed by atoms with Gasteiger partial charge in [0.05, 0.1) is 26.5 Å². The van der Waals surface area contributed by atoms with Gasteiger partial charge in [-0.2, -0.15) is 0 Å². The molecule has 1 fully saturated rings. The maximum atomic E-state index is 12.2. The maximum absolute atomic E-state index is 12.2. The lowest BCUT2D eigenvalue weighted by Crippen LogP contribution is -2.43. The maximum Gasteiger partial charge on any atom is 0.265 e. The summed E-state index contributed by atoms with van der Waals surface area (Å²) in [6, 6.07) is 14.1. The number of nitrogens with zero attached hydrogens (tertiary/aromatic N) is 2. The topological polar surface area (TPSA) is 98.7 Å². The highest BCUT2D eigenvalue weighted by Crippen LogP contribution is 2.17. The zero-order chi connectivity index (χ0) is 21.9. The predicted molar refractivity (Wildman–Crippen MR) is 115 cm³/mol. The van der Waals surface area contributed by atoms with Crippen molar-refractivity contribution in [1.29, 1.82) is 0 Å². The Morgan fingerprint density at radius 2 is 1.84 bits per heavy atom. The molecule has 0 radical (unpaired) electrons. The van der Waals surface area contributed by atoms with E-state index in [2.05, 4.69) is 10.5 Å². The predicted octanol–water partition coefficient (Wildman–Crippen LogP) is 1.92. The van der Waals surface area contributed by atoms with Crippen molar-refractivity contribution in [3.63, 3.8) is 0 Å². The van der Waals surface area contributed by atoms with E-state index in [1.165, 1.54) is 6.21 Å². The van der Waals surface area contributed by atoms with Gasteiger partial charge in [-0.25, -0.2) is 0 Å². The Morgan fingerprint density at radius 3 is 2.58 bits per heavy atom. The Balaban J connectivity index is 1.45. The second-order valence-corrected chi connectivity index (χ2v) is 6.60. The van der Waals surface area contributed by atoms with E-state index in [-0.39, 0.29) is 25.0 Å². The van der Waals surface area contributed by atoms with Crippen LogP contribution in [-0.4, -0.2) is 69.6 Å². The average molecular weight is 427 g/mol. The summed E-state index contributed by atoms with van der Waals surface area (Å²) in [7, 11) is 1.57. The van der Waals surface area contributed by atoms with Crippen LogP contribution in [0.1, 0.15) is 5.56 Å².